The lowest BCUT2D eigenvalue weighted by Gasteiger charge is -2.37. The molecule has 0 saturated carbocycles. The Kier molecular flexibility index (Phi) is 6.03. The molecule has 3 rings (SSSR count). The van der Waals surface area contributed by atoms with E-state index in [1.807, 2.05) is 26.1 Å². The smallest absolute Gasteiger partial charge is 0.274 e. The van der Waals surface area contributed by atoms with Crippen molar-refractivity contribution in [3.63, 3.8) is 0 Å². The molecule has 0 aliphatic carbocycles. The number of hydrogen-bond donors (Lipinski definition) is 2. The summed E-state index contributed by atoms with van der Waals surface area (Å²) >= 11 is 0. The van der Waals surface area contributed by atoms with Crippen molar-refractivity contribution in [2.75, 3.05) is 31.6 Å². The molecule has 2 amide bonds. The maximum atomic E-state index is 12.4. The Morgan fingerprint density at radius 1 is 1.25 bits per heavy atom. The number of aromatic nitrogens is 3. The summed E-state index contributed by atoms with van der Waals surface area (Å²) in [6.45, 7) is 2.99. The molecule has 0 atom stereocenters. The number of likely N-dealkylation sites (tertiary alicyclic amines) is 1. The minimum Gasteiger partial charge on any atom is -0.505 e. The van der Waals surface area contributed by atoms with Crippen LogP contribution in [0.3, 0.4) is 0 Å². The van der Waals surface area contributed by atoms with Gasteiger partial charge in [0.2, 0.25) is 5.91 Å². The van der Waals surface area contributed by atoms with Gasteiger partial charge in [-0.1, -0.05) is 0 Å². The first kappa shape index (κ1) is 19.5. The van der Waals surface area contributed by atoms with Crippen molar-refractivity contribution in [3.05, 3.63) is 41.9 Å². The van der Waals surface area contributed by atoms with Gasteiger partial charge in [-0.25, -0.2) is 4.98 Å². The zero-order valence-corrected chi connectivity index (χ0v) is 16.0. The molecule has 28 heavy (non-hydrogen) atoms. The molecule has 2 aromatic rings. The number of piperidine rings is 1. The molecule has 2 N–H and O–H groups in total. The van der Waals surface area contributed by atoms with E-state index >= 15 is 0 Å². The quantitative estimate of drug-likeness (QED) is 0.782. The van der Waals surface area contributed by atoms with Gasteiger partial charge in [-0.05, 0) is 44.0 Å². The van der Waals surface area contributed by atoms with E-state index in [1.165, 1.54) is 18.3 Å². The summed E-state index contributed by atoms with van der Waals surface area (Å²) in [7, 11) is 1.99. The van der Waals surface area contributed by atoms with Gasteiger partial charge in [0, 0.05) is 32.4 Å². The highest BCUT2D eigenvalue weighted by atomic mass is 16.3. The Bertz CT molecular complexity index is 834. The van der Waals surface area contributed by atoms with Crippen molar-refractivity contribution < 1.29 is 14.7 Å². The summed E-state index contributed by atoms with van der Waals surface area (Å²) in [6.07, 6.45) is 3.04. The Morgan fingerprint density at radius 2 is 2.00 bits per heavy atom. The summed E-state index contributed by atoms with van der Waals surface area (Å²) < 4.78 is 0. The van der Waals surface area contributed by atoms with Crippen molar-refractivity contribution in [1.29, 1.82) is 0 Å². The Balaban J connectivity index is 1.48. The number of aromatic hydroxyl groups is 1. The van der Waals surface area contributed by atoms with Gasteiger partial charge in [0.25, 0.3) is 5.91 Å². The maximum Gasteiger partial charge on any atom is 0.274 e. The normalized spacial score (nSPS) is 14.6. The molecule has 2 aromatic heterocycles. The fourth-order valence-electron chi connectivity index (χ4n) is 3.19. The number of pyridine rings is 1. The lowest BCUT2D eigenvalue weighted by Crippen LogP contribution is -2.48. The number of rotatable bonds is 5. The summed E-state index contributed by atoms with van der Waals surface area (Å²) in [5, 5.41) is 20.5. The number of aryl methyl sites for hydroxylation is 1. The first-order chi connectivity index (χ1) is 13.5. The Morgan fingerprint density at radius 3 is 2.64 bits per heavy atom. The van der Waals surface area contributed by atoms with Gasteiger partial charge >= 0.3 is 0 Å². The zero-order valence-electron chi connectivity index (χ0n) is 16.0. The predicted octanol–water partition coefficient (Wildman–Crippen LogP) is 0.743. The molecule has 1 aliphatic heterocycles. The molecule has 148 valence electrons. The molecule has 0 radical (unpaired) electrons. The van der Waals surface area contributed by atoms with E-state index in [0.29, 0.717) is 13.1 Å². The second-order valence-electron chi connectivity index (χ2n) is 6.81. The number of nitrogens with zero attached hydrogens (tertiary/aromatic N) is 5. The summed E-state index contributed by atoms with van der Waals surface area (Å²) in [6, 6.07) is 7.06. The average Bonchev–Trinajstić information content (AvgIpc) is 2.72. The van der Waals surface area contributed by atoms with Crippen LogP contribution in [0, 0.1) is 6.92 Å². The molecule has 1 saturated heterocycles. The number of nitrogens with one attached hydrogen (secondary N) is 1. The molecule has 3 heterocycles. The van der Waals surface area contributed by atoms with Crippen LogP contribution in [-0.4, -0.2) is 69.7 Å². The Labute approximate surface area is 163 Å². The van der Waals surface area contributed by atoms with Crippen molar-refractivity contribution in [2.45, 2.75) is 25.8 Å². The van der Waals surface area contributed by atoms with Gasteiger partial charge in [-0.15, -0.1) is 5.10 Å². The first-order valence-electron chi connectivity index (χ1n) is 9.19. The summed E-state index contributed by atoms with van der Waals surface area (Å²) in [5.41, 5.74) is 0.786. The molecule has 0 spiro atoms. The van der Waals surface area contributed by atoms with Gasteiger partial charge in [0.1, 0.15) is 5.75 Å². The minimum absolute atomic E-state index is 0.0881. The average molecular weight is 384 g/mol. The Hall–Kier alpha value is -3.23. The van der Waals surface area contributed by atoms with Crippen LogP contribution in [-0.2, 0) is 4.79 Å². The molecule has 0 unspecified atom stereocenters. The van der Waals surface area contributed by atoms with E-state index < -0.39 is 5.91 Å². The van der Waals surface area contributed by atoms with E-state index in [9.17, 15) is 14.7 Å². The lowest BCUT2D eigenvalue weighted by atomic mass is 10.0. The standard InChI is InChI=1S/C19H24N6O3/c1-13-5-6-16(23-22-13)24(2)14-7-10-25(11-8-14)17(27)12-21-19(28)18-15(26)4-3-9-20-18/h3-6,9,14,26H,7-8,10-12H2,1-2H3,(H,21,28). The third-order valence-electron chi connectivity index (χ3n) is 4.91. The van der Waals surface area contributed by atoms with Crippen LogP contribution < -0.4 is 10.2 Å². The van der Waals surface area contributed by atoms with Crippen LogP contribution in [0.5, 0.6) is 5.75 Å². The van der Waals surface area contributed by atoms with Gasteiger partial charge in [-0.2, -0.15) is 5.10 Å². The van der Waals surface area contributed by atoms with E-state index in [4.69, 9.17) is 0 Å². The monoisotopic (exact) mass is 384 g/mol. The zero-order chi connectivity index (χ0) is 20.1. The highest BCUT2D eigenvalue weighted by Gasteiger charge is 2.26. The SMILES string of the molecule is Cc1ccc(N(C)C2CCN(C(=O)CNC(=O)c3ncccc3O)CC2)nn1. The van der Waals surface area contributed by atoms with Gasteiger partial charge in [0.15, 0.2) is 11.5 Å². The van der Waals surface area contributed by atoms with Gasteiger partial charge in [0.05, 0.1) is 12.2 Å². The number of anilines is 1. The molecule has 9 nitrogen and oxygen atoms in total. The lowest BCUT2D eigenvalue weighted by molar-refractivity contribution is -0.131. The third kappa shape index (κ3) is 4.54. The van der Waals surface area contributed by atoms with Crippen LogP contribution in [0.1, 0.15) is 29.0 Å². The first-order valence-corrected chi connectivity index (χ1v) is 9.19. The van der Waals surface area contributed by atoms with Crippen LogP contribution in [0.2, 0.25) is 0 Å². The van der Waals surface area contributed by atoms with Crippen LogP contribution >= 0.6 is 0 Å². The third-order valence-corrected chi connectivity index (χ3v) is 4.91. The highest BCUT2D eigenvalue weighted by Crippen LogP contribution is 2.20. The van der Waals surface area contributed by atoms with E-state index in [-0.39, 0.29) is 29.9 Å². The maximum absolute atomic E-state index is 12.4. The van der Waals surface area contributed by atoms with Crippen LogP contribution in [0.15, 0.2) is 30.5 Å². The van der Waals surface area contributed by atoms with Gasteiger partial charge in [-0.3, -0.25) is 9.59 Å². The molecule has 1 aliphatic rings. The second kappa shape index (κ2) is 8.64. The molecule has 9 heteroatoms. The predicted molar refractivity (Wildman–Crippen MR) is 103 cm³/mol. The fourth-order valence-corrected chi connectivity index (χ4v) is 3.19. The largest absolute Gasteiger partial charge is 0.505 e. The minimum atomic E-state index is -0.570. The van der Waals surface area contributed by atoms with E-state index in [0.717, 1.165) is 24.4 Å². The summed E-state index contributed by atoms with van der Waals surface area (Å²) in [5.74, 6) is -0.118. The van der Waals surface area contributed by atoms with Crippen molar-refractivity contribution in [3.8, 4) is 5.75 Å². The second-order valence-corrected chi connectivity index (χ2v) is 6.81. The molecular formula is C19H24N6O3. The fraction of sp³-hybridized carbons (Fsp3) is 0.421. The van der Waals surface area contributed by atoms with Crippen molar-refractivity contribution >= 4 is 17.6 Å². The molecular weight excluding hydrogens is 360 g/mol. The molecule has 0 aromatic carbocycles. The van der Waals surface area contributed by atoms with Crippen LogP contribution in [0.25, 0.3) is 0 Å². The topological polar surface area (TPSA) is 112 Å². The number of carbonyl (C=O) groups is 2. The molecule has 1 fully saturated rings. The van der Waals surface area contributed by atoms with Crippen LogP contribution in [0.4, 0.5) is 5.82 Å². The van der Waals surface area contributed by atoms with E-state index in [1.54, 1.807) is 4.90 Å². The summed E-state index contributed by atoms with van der Waals surface area (Å²) in [4.78, 5) is 32.1. The number of hydrogen-bond acceptors (Lipinski definition) is 7. The number of carbonyl (C=O) groups excluding carboxylic acids is 2. The van der Waals surface area contributed by atoms with E-state index in [2.05, 4.69) is 25.4 Å². The highest BCUT2D eigenvalue weighted by molar-refractivity contribution is 5.96. The van der Waals surface area contributed by atoms with Gasteiger partial charge < -0.3 is 20.2 Å². The molecule has 0 bridgehead atoms. The number of amides is 2. The van der Waals surface area contributed by atoms with Crippen molar-refractivity contribution in [1.82, 2.24) is 25.4 Å². The van der Waals surface area contributed by atoms with Crippen molar-refractivity contribution in [2.24, 2.45) is 0 Å².